The molecule has 0 radical (unpaired) electrons. The number of carbonyl (C=O) groups is 2. The van der Waals surface area contributed by atoms with Gasteiger partial charge < -0.3 is 15.5 Å². The van der Waals surface area contributed by atoms with Gasteiger partial charge in [0, 0.05) is 12.1 Å². The topological polar surface area (TPSA) is 86.6 Å². The summed E-state index contributed by atoms with van der Waals surface area (Å²) in [4.78, 5) is 23.2. The Labute approximate surface area is 129 Å². The maximum atomic E-state index is 12.2. The monoisotopic (exact) mass is 297 g/mol. The van der Waals surface area contributed by atoms with Gasteiger partial charge in [-0.25, -0.2) is 4.79 Å². The highest BCUT2D eigenvalue weighted by Gasteiger charge is 2.11. The van der Waals surface area contributed by atoms with Crippen molar-refractivity contribution >= 4 is 25.2 Å². The average molecular weight is 297 g/mol. The molecule has 3 N–H and O–H groups in total. The van der Waals surface area contributed by atoms with Crippen molar-refractivity contribution in [1.29, 1.82) is 0 Å². The van der Waals surface area contributed by atoms with Crippen molar-refractivity contribution in [2.24, 2.45) is 0 Å². The number of carbonyl (C=O) groups excluding carboxylic acids is 1. The van der Waals surface area contributed by atoms with Crippen LogP contribution in [0.15, 0.2) is 42.5 Å². The highest BCUT2D eigenvalue weighted by Crippen LogP contribution is 2.09. The third-order valence-corrected chi connectivity index (χ3v) is 3.47. The Hall–Kier alpha value is -2.60. The molecule has 6 heteroatoms. The van der Waals surface area contributed by atoms with Gasteiger partial charge in [0.25, 0.3) is 5.91 Å². The van der Waals surface area contributed by atoms with Crippen molar-refractivity contribution in [3.05, 3.63) is 64.7 Å². The summed E-state index contributed by atoms with van der Waals surface area (Å²) < 4.78 is 0. The van der Waals surface area contributed by atoms with E-state index in [-0.39, 0.29) is 24.6 Å². The van der Waals surface area contributed by atoms with E-state index in [1.165, 1.54) is 6.07 Å². The number of hydrogen-bond acceptors (Lipinski definition) is 3. The molecule has 0 saturated heterocycles. The van der Waals surface area contributed by atoms with Gasteiger partial charge in [-0.3, -0.25) is 4.79 Å². The number of nitrogens with one attached hydrogen (secondary N) is 1. The van der Waals surface area contributed by atoms with Crippen molar-refractivity contribution in [1.82, 2.24) is 5.32 Å². The van der Waals surface area contributed by atoms with Crippen LogP contribution in [0.4, 0.5) is 0 Å². The van der Waals surface area contributed by atoms with Crippen LogP contribution in [0.5, 0.6) is 0 Å². The minimum Gasteiger partial charge on any atom is -0.478 e. The van der Waals surface area contributed by atoms with Crippen LogP contribution in [0, 0.1) is 0 Å². The molecule has 0 spiro atoms. The molecular weight excluding hydrogens is 281 g/mol. The quantitative estimate of drug-likeness (QED) is 0.681. The van der Waals surface area contributed by atoms with Gasteiger partial charge in [0.15, 0.2) is 0 Å². The summed E-state index contributed by atoms with van der Waals surface area (Å²) in [7, 11) is 1.86. The number of carboxylic acid groups (broad SMARTS) is 1. The van der Waals surface area contributed by atoms with Crippen LogP contribution in [-0.4, -0.2) is 29.9 Å². The SMILES string of the molecule is Bc1ccc(C(=O)O)cc1CNC(=O)c1ccccc1CO. The average Bonchev–Trinajstić information content (AvgIpc) is 2.53. The first kappa shape index (κ1) is 15.8. The highest BCUT2D eigenvalue weighted by atomic mass is 16.4. The molecule has 0 saturated carbocycles. The molecule has 0 aliphatic heterocycles. The summed E-state index contributed by atoms with van der Waals surface area (Å²) in [5.41, 5.74) is 2.80. The zero-order valence-electron chi connectivity index (χ0n) is 12.2. The Bertz CT molecular complexity index is 715. The third kappa shape index (κ3) is 3.53. The predicted octanol–water partition coefficient (Wildman–Crippen LogP) is 0.0655. The first-order valence-corrected chi connectivity index (χ1v) is 6.82. The van der Waals surface area contributed by atoms with Gasteiger partial charge >= 0.3 is 5.97 Å². The van der Waals surface area contributed by atoms with Gasteiger partial charge in [-0.2, -0.15) is 0 Å². The van der Waals surface area contributed by atoms with Crippen molar-refractivity contribution in [2.45, 2.75) is 13.2 Å². The Kier molecular flexibility index (Phi) is 4.96. The van der Waals surface area contributed by atoms with Crippen LogP contribution in [0.3, 0.4) is 0 Å². The van der Waals surface area contributed by atoms with Crippen LogP contribution in [0.2, 0.25) is 0 Å². The molecule has 2 aromatic carbocycles. The molecular formula is C16H16BNO4. The molecule has 0 unspecified atom stereocenters. The van der Waals surface area contributed by atoms with Gasteiger partial charge in [0.05, 0.1) is 12.2 Å². The summed E-state index contributed by atoms with van der Waals surface area (Å²) in [6, 6.07) is 11.6. The molecule has 0 heterocycles. The second-order valence-corrected chi connectivity index (χ2v) is 4.94. The predicted molar refractivity (Wildman–Crippen MR) is 85.1 cm³/mol. The maximum Gasteiger partial charge on any atom is 0.335 e. The van der Waals surface area contributed by atoms with Crippen LogP contribution in [0.1, 0.15) is 31.8 Å². The van der Waals surface area contributed by atoms with Crippen molar-refractivity contribution in [2.75, 3.05) is 0 Å². The van der Waals surface area contributed by atoms with Gasteiger partial charge in [-0.15, -0.1) is 0 Å². The summed E-state index contributed by atoms with van der Waals surface area (Å²) in [6.45, 7) is 0.0165. The molecule has 0 bridgehead atoms. The molecule has 0 aliphatic rings. The molecule has 0 aromatic heterocycles. The number of aromatic carboxylic acids is 1. The van der Waals surface area contributed by atoms with E-state index in [1.807, 2.05) is 7.85 Å². The molecule has 2 aromatic rings. The van der Waals surface area contributed by atoms with Crippen molar-refractivity contribution in [3.8, 4) is 0 Å². The lowest BCUT2D eigenvalue weighted by molar-refractivity contribution is 0.0696. The lowest BCUT2D eigenvalue weighted by Crippen LogP contribution is -2.27. The minimum atomic E-state index is -1.00. The number of aliphatic hydroxyl groups is 1. The van der Waals surface area contributed by atoms with E-state index >= 15 is 0 Å². The Morgan fingerprint density at radius 1 is 1.09 bits per heavy atom. The fourth-order valence-electron chi connectivity index (χ4n) is 2.15. The number of amides is 1. The molecule has 0 aliphatic carbocycles. The van der Waals surface area contributed by atoms with E-state index in [4.69, 9.17) is 5.11 Å². The summed E-state index contributed by atoms with van der Waals surface area (Å²) in [5, 5.41) is 21.0. The minimum absolute atomic E-state index is 0.186. The van der Waals surface area contributed by atoms with Gasteiger partial charge in [-0.1, -0.05) is 29.7 Å². The van der Waals surface area contributed by atoms with Crippen molar-refractivity contribution < 1.29 is 19.8 Å². The molecule has 1 amide bonds. The Morgan fingerprint density at radius 2 is 1.82 bits per heavy atom. The zero-order chi connectivity index (χ0) is 16.1. The highest BCUT2D eigenvalue weighted by molar-refractivity contribution is 6.33. The second kappa shape index (κ2) is 6.91. The Balaban J connectivity index is 2.14. The maximum absolute atomic E-state index is 12.2. The summed E-state index contributed by atoms with van der Waals surface area (Å²) in [5.74, 6) is -1.30. The normalized spacial score (nSPS) is 10.2. The Morgan fingerprint density at radius 3 is 2.50 bits per heavy atom. The molecule has 0 fully saturated rings. The number of carboxylic acids is 1. The fraction of sp³-hybridized carbons (Fsp3) is 0.125. The van der Waals surface area contributed by atoms with E-state index < -0.39 is 5.97 Å². The first-order chi connectivity index (χ1) is 10.5. The van der Waals surface area contributed by atoms with Gasteiger partial charge in [0.1, 0.15) is 7.85 Å². The number of rotatable bonds is 5. The fourth-order valence-corrected chi connectivity index (χ4v) is 2.15. The van der Waals surface area contributed by atoms with Crippen LogP contribution >= 0.6 is 0 Å². The van der Waals surface area contributed by atoms with E-state index in [0.717, 1.165) is 11.0 Å². The molecule has 112 valence electrons. The first-order valence-electron chi connectivity index (χ1n) is 6.82. The summed E-state index contributed by atoms with van der Waals surface area (Å²) >= 11 is 0. The second-order valence-electron chi connectivity index (χ2n) is 4.94. The largest absolute Gasteiger partial charge is 0.478 e. The zero-order valence-corrected chi connectivity index (χ0v) is 12.2. The molecule has 2 rings (SSSR count). The third-order valence-electron chi connectivity index (χ3n) is 3.47. The van der Waals surface area contributed by atoms with Crippen LogP contribution < -0.4 is 10.8 Å². The van der Waals surface area contributed by atoms with Crippen LogP contribution in [0.25, 0.3) is 0 Å². The molecule has 22 heavy (non-hydrogen) atoms. The lowest BCUT2D eigenvalue weighted by atomic mass is 9.89. The number of hydrogen-bond donors (Lipinski definition) is 3. The van der Waals surface area contributed by atoms with Gasteiger partial charge in [0.2, 0.25) is 0 Å². The number of benzene rings is 2. The molecule has 0 atom stereocenters. The van der Waals surface area contributed by atoms with E-state index in [2.05, 4.69) is 5.32 Å². The van der Waals surface area contributed by atoms with Crippen LogP contribution in [-0.2, 0) is 13.2 Å². The summed E-state index contributed by atoms with van der Waals surface area (Å²) in [6.07, 6.45) is 0. The van der Waals surface area contributed by atoms with E-state index in [9.17, 15) is 14.7 Å². The van der Waals surface area contributed by atoms with E-state index in [1.54, 1.807) is 36.4 Å². The lowest BCUT2D eigenvalue weighted by Gasteiger charge is -2.11. The van der Waals surface area contributed by atoms with E-state index in [0.29, 0.717) is 11.1 Å². The smallest absolute Gasteiger partial charge is 0.335 e. The standard InChI is InChI=1S/C16H16BNO4/c17-14-6-5-10(16(21)22)7-12(14)8-18-15(20)13-4-2-1-3-11(13)9-19/h1-7,19H,8-9,17H2,(H,18,20)(H,21,22). The number of aliphatic hydroxyl groups excluding tert-OH is 1. The molecule has 5 nitrogen and oxygen atoms in total. The van der Waals surface area contributed by atoms with Crippen molar-refractivity contribution in [3.63, 3.8) is 0 Å². The van der Waals surface area contributed by atoms with Gasteiger partial charge in [-0.05, 0) is 29.3 Å².